The number of hydrogen-bond donors (Lipinski definition) is 1. The zero-order valence-corrected chi connectivity index (χ0v) is 17.1. The number of aryl methyl sites for hydroxylation is 1. The molecule has 0 unspecified atom stereocenters. The Bertz CT molecular complexity index is 927. The zero-order chi connectivity index (χ0) is 20.3. The summed E-state index contributed by atoms with van der Waals surface area (Å²) in [4.78, 5) is 16.9. The number of benzene rings is 1. The van der Waals surface area contributed by atoms with Crippen molar-refractivity contribution in [2.24, 2.45) is 4.99 Å². The fourth-order valence-electron chi connectivity index (χ4n) is 3.22. The van der Waals surface area contributed by atoms with Gasteiger partial charge in [-0.3, -0.25) is 4.99 Å². The minimum Gasteiger partial charge on any atom is -0.507 e. The standard InChI is InChI=1S/C20H23NO6S/c1-11-7-14(22)18(20(23)27-11)13-10-17(28-6-5-21-13)12-8-15(24-2)19(26-4)16(9-12)25-3/h7-9,17,22H,5-6,10H2,1-4H3/t17-/m1/s1. The van der Waals surface area contributed by atoms with Crippen LogP contribution < -0.4 is 19.8 Å². The second kappa shape index (κ2) is 8.60. The Labute approximate surface area is 167 Å². The molecule has 3 rings (SSSR count). The average molecular weight is 405 g/mol. The predicted molar refractivity (Wildman–Crippen MR) is 109 cm³/mol. The third-order valence-corrected chi connectivity index (χ3v) is 5.75. The van der Waals surface area contributed by atoms with Crippen LogP contribution in [0.2, 0.25) is 0 Å². The van der Waals surface area contributed by atoms with Gasteiger partial charge in [-0.2, -0.15) is 11.8 Å². The molecule has 0 saturated carbocycles. The summed E-state index contributed by atoms with van der Waals surface area (Å²) in [5.41, 5.74) is 1.05. The molecule has 0 spiro atoms. The lowest BCUT2D eigenvalue weighted by atomic mass is 10.0. The second-order valence-electron chi connectivity index (χ2n) is 6.26. The molecule has 150 valence electrons. The molecule has 0 saturated heterocycles. The molecule has 2 aromatic rings. The smallest absolute Gasteiger partial charge is 0.348 e. The summed E-state index contributed by atoms with van der Waals surface area (Å²) in [6.45, 7) is 2.17. The molecule has 28 heavy (non-hydrogen) atoms. The first kappa shape index (κ1) is 20.1. The van der Waals surface area contributed by atoms with Crippen molar-refractivity contribution in [1.29, 1.82) is 0 Å². The van der Waals surface area contributed by atoms with E-state index in [1.54, 1.807) is 40.0 Å². The molecular formula is C20H23NO6S. The number of methoxy groups -OCH3 is 3. The van der Waals surface area contributed by atoms with Gasteiger partial charge in [0.25, 0.3) is 0 Å². The van der Waals surface area contributed by atoms with Crippen molar-refractivity contribution in [3.05, 3.63) is 45.5 Å². The fourth-order valence-corrected chi connectivity index (χ4v) is 4.30. The Kier molecular flexibility index (Phi) is 6.18. The number of ether oxygens (including phenoxy) is 3. The maximum Gasteiger partial charge on any atom is 0.348 e. The molecule has 1 atom stereocenters. The van der Waals surface area contributed by atoms with Crippen molar-refractivity contribution in [2.45, 2.75) is 18.6 Å². The molecule has 2 heterocycles. The number of aromatic hydroxyl groups is 1. The Morgan fingerprint density at radius 2 is 1.82 bits per heavy atom. The van der Waals surface area contributed by atoms with Crippen molar-refractivity contribution in [3.8, 4) is 23.0 Å². The number of nitrogens with zero attached hydrogens (tertiary/aromatic N) is 1. The third-order valence-electron chi connectivity index (χ3n) is 4.49. The summed E-state index contributed by atoms with van der Waals surface area (Å²) >= 11 is 1.72. The highest BCUT2D eigenvalue weighted by molar-refractivity contribution is 7.99. The van der Waals surface area contributed by atoms with Crippen LogP contribution in [0, 0.1) is 6.92 Å². The lowest BCUT2D eigenvalue weighted by molar-refractivity contribution is 0.324. The number of hydrogen-bond acceptors (Lipinski definition) is 8. The summed E-state index contributed by atoms with van der Waals surface area (Å²) in [6.07, 6.45) is 0.463. The Morgan fingerprint density at radius 3 is 2.39 bits per heavy atom. The maximum absolute atomic E-state index is 12.3. The van der Waals surface area contributed by atoms with Gasteiger partial charge in [0.15, 0.2) is 11.5 Å². The van der Waals surface area contributed by atoms with E-state index < -0.39 is 5.63 Å². The summed E-state index contributed by atoms with van der Waals surface area (Å²) in [7, 11) is 4.71. The van der Waals surface area contributed by atoms with Gasteiger partial charge in [0, 0.05) is 30.0 Å². The fraction of sp³-hybridized carbons (Fsp3) is 0.400. The molecule has 0 radical (unpaired) electrons. The van der Waals surface area contributed by atoms with Crippen molar-refractivity contribution < 1.29 is 23.7 Å². The van der Waals surface area contributed by atoms with Gasteiger partial charge < -0.3 is 23.7 Å². The Morgan fingerprint density at radius 1 is 1.14 bits per heavy atom. The van der Waals surface area contributed by atoms with E-state index in [1.807, 2.05) is 12.1 Å². The van der Waals surface area contributed by atoms with Crippen molar-refractivity contribution in [3.63, 3.8) is 0 Å². The van der Waals surface area contributed by atoms with E-state index in [1.165, 1.54) is 6.07 Å². The molecule has 7 nitrogen and oxygen atoms in total. The van der Waals surface area contributed by atoms with Gasteiger partial charge in [-0.1, -0.05) is 0 Å². The molecule has 1 aliphatic rings. The predicted octanol–water partition coefficient (Wildman–Crippen LogP) is 3.35. The van der Waals surface area contributed by atoms with E-state index in [9.17, 15) is 9.90 Å². The molecule has 0 aliphatic carbocycles. The molecule has 0 amide bonds. The number of aliphatic imine (C=N–C) groups is 1. The average Bonchev–Trinajstić information content (AvgIpc) is 2.92. The summed E-state index contributed by atoms with van der Waals surface area (Å²) in [5.74, 6) is 2.69. The lowest BCUT2D eigenvalue weighted by Gasteiger charge is -2.19. The van der Waals surface area contributed by atoms with Crippen molar-refractivity contribution >= 4 is 17.5 Å². The minimum absolute atomic E-state index is 0.00457. The van der Waals surface area contributed by atoms with E-state index in [-0.39, 0.29) is 16.6 Å². The van der Waals surface area contributed by atoms with Crippen LogP contribution in [0.5, 0.6) is 23.0 Å². The third kappa shape index (κ3) is 3.96. The van der Waals surface area contributed by atoms with Gasteiger partial charge in [0.1, 0.15) is 17.1 Å². The van der Waals surface area contributed by atoms with Crippen LogP contribution in [0.25, 0.3) is 0 Å². The van der Waals surface area contributed by atoms with Crippen LogP contribution in [0.15, 0.2) is 32.4 Å². The Balaban J connectivity index is 2.01. The summed E-state index contributed by atoms with van der Waals surface area (Å²) in [5, 5.41) is 10.3. The second-order valence-corrected chi connectivity index (χ2v) is 7.57. The molecular weight excluding hydrogens is 382 g/mol. The van der Waals surface area contributed by atoms with Crippen LogP contribution >= 0.6 is 11.8 Å². The molecule has 8 heteroatoms. The van der Waals surface area contributed by atoms with E-state index >= 15 is 0 Å². The highest BCUT2D eigenvalue weighted by atomic mass is 32.2. The van der Waals surface area contributed by atoms with E-state index in [0.29, 0.717) is 41.7 Å². The largest absolute Gasteiger partial charge is 0.507 e. The van der Waals surface area contributed by atoms with Crippen LogP contribution in [0.1, 0.15) is 28.6 Å². The molecule has 0 fully saturated rings. The van der Waals surface area contributed by atoms with Gasteiger partial charge in [-0.15, -0.1) is 0 Å². The lowest BCUT2D eigenvalue weighted by Crippen LogP contribution is -2.17. The highest BCUT2D eigenvalue weighted by Gasteiger charge is 2.26. The van der Waals surface area contributed by atoms with Crippen LogP contribution in [-0.4, -0.2) is 44.4 Å². The van der Waals surface area contributed by atoms with E-state index in [2.05, 4.69) is 4.99 Å². The SMILES string of the molecule is COc1cc([C@H]2CC(c3c(O)cc(C)oc3=O)=NCCS2)cc(OC)c1OC. The number of thioether (sulfide) groups is 1. The first-order valence-electron chi connectivity index (χ1n) is 8.77. The first-order valence-corrected chi connectivity index (χ1v) is 9.82. The van der Waals surface area contributed by atoms with Crippen molar-refractivity contribution in [2.75, 3.05) is 33.6 Å². The topological polar surface area (TPSA) is 90.5 Å². The normalized spacial score (nSPS) is 16.9. The Hall–Kier alpha value is -2.61. The van der Waals surface area contributed by atoms with E-state index in [0.717, 1.165) is 11.3 Å². The zero-order valence-electron chi connectivity index (χ0n) is 16.3. The summed E-state index contributed by atoms with van der Waals surface area (Å²) in [6, 6.07) is 5.24. The van der Waals surface area contributed by atoms with Crippen LogP contribution in [0.3, 0.4) is 0 Å². The summed E-state index contributed by atoms with van der Waals surface area (Å²) < 4.78 is 21.5. The monoisotopic (exact) mass is 405 g/mol. The van der Waals surface area contributed by atoms with Gasteiger partial charge in [-0.25, -0.2) is 4.79 Å². The molecule has 1 aromatic heterocycles. The number of rotatable bonds is 5. The van der Waals surface area contributed by atoms with Gasteiger partial charge in [-0.05, 0) is 24.6 Å². The molecule has 1 aliphatic heterocycles. The van der Waals surface area contributed by atoms with Gasteiger partial charge >= 0.3 is 5.63 Å². The van der Waals surface area contributed by atoms with Crippen molar-refractivity contribution in [1.82, 2.24) is 0 Å². The maximum atomic E-state index is 12.3. The van der Waals surface area contributed by atoms with Gasteiger partial charge in [0.2, 0.25) is 5.75 Å². The first-order chi connectivity index (χ1) is 13.5. The molecule has 0 bridgehead atoms. The highest BCUT2D eigenvalue weighted by Crippen LogP contribution is 2.44. The van der Waals surface area contributed by atoms with Gasteiger partial charge in [0.05, 0.1) is 27.0 Å². The van der Waals surface area contributed by atoms with Crippen LogP contribution in [0.4, 0.5) is 0 Å². The quantitative estimate of drug-likeness (QED) is 0.816. The van der Waals surface area contributed by atoms with E-state index in [4.69, 9.17) is 18.6 Å². The van der Waals surface area contributed by atoms with Crippen LogP contribution in [-0.2, 0) is 0 Å². The molecule has 1 N–H and O–H groups in total. The minimum atomic E-state index is -0.577. The molecule has 1 aromatic carbocycles.